The number of aromatic nitrogens is 6. The van der Waals surface area contributed by atoms with Gasteiger partial charge >= 0.3 is 6.18 Å². The topological polar surface area (TPSA) is 128 Å². The van der Waals surface area contributed by atoms with E-state index in [4.69, 9.17) is 15.5 Å². The zero-order valence-electron chi connectivity index (χ0n) is 23.6. The number of fused-ring (bicyclic) bond motifs is 1. The van der Waals surface area contributed by atoms with Crippen molar-refractivity contribution in [2.45, 2.75) is 31.8 Å². The first kappa shape index (κ1) is 29.2. The van der Waals surface area contributed by atoms with Gasteiger partial charge in [0, 0.05) is 67.7 Å². The van der Waals surface area contributed by atoms with Crippen molar-refractivity contribution in [2.75, 3.05) is 24.2 Å². The number of morpholine rings is 1. The van der Waals surface area contributed by atoms with E-state index in [0.717, 1.165) is 23.9 Å². The molecule has 1 amide bonds. The summed E-state index contributed by atoms with van der Waals surface area (Å²) in [6, 6.07) is 5.29. The van der Waals surface area contributed by atoms with E-state index in [0.29, 0.717) is 37.1 Å². The fourth-order valence-corrected chi connectivity index (χ4v) is 5.19. The molecule has 1 aliphatic rings. The SMILES string of the molecule is C[C@H]1CO[C@@H](c2nc(-c3ccc(C(=O)Nc4cc(C(F)(F)F)ccn4)cc3F)c3c(N)nccn23)CN1Cc1cnn(C)c1. The smallest absolute Gasteiger partial charge is 0.382 e. The van der Waals surface area contributed by atoms with Gasteiger partial charge in [-0.15, -0.1) is 0 Å². The monoisotopic (exact) mass is 609 g/mol. The van der Waals surface area contributed by atoms with Gasteiger partial charge in [0.05, 0.1) is 18.4 Å². The minimum atomic E-state index is -4.61. The number of rotatable bonds is 6. The molecule has 6 rings (SSSR count). The highest BCUT2D eigenvalue weighted by atomic mass is 19.4. The maximum Gasteiger partial charge on any atom is 0.416 e. The van der Waals surface area contributed by atoms with Crippen LogP contribution in [0.15, 0.2) is 61.3 Å². The summed E-state index contributed by atoms with van der Waals surface area (Å²) in [7, 11) is 1.86. The minimum absolute atomic E-state index is 0.0542. The van der Waals surface area contributed by atoms with Crippen LogP contribution in [0.25, 0.3) is 16.8 Å². The van der Waals surface area contributed by atoms with Crippen LogP contribution in [0.5, 0.6) is 0 Å². The predicted octanol–water partition coefficient (Wildman–Crippen LogP) is 4.48. The molecule has 3 N–H and O–H groups in total. The van der Waals surface area contributed by atoms with Crippen LogP contribution >= 0.6 is 0 Å². The number of imidazole rings is 1. The van der Waals surface area contributed by atoms with Crippen LogP contribution < -0.4 is 11.1 Å². The van der Waals surface area contributed by atoms with E-state index in [1.54, 1.807) is 15.3 Å². The molecule has 1 fully saturated rings. The van der Waals surface area contributed by atoms with Crippen molar-refractivity contribution in [3.8, 4) is 11.3 Å². The van der Waals surface area contributed by atoms with Gasteiger partial charge in [-0.25, -0.2) is 19.3 Å². The zero-order chi connectivity index (χ0) is 31.2. The Morgan fingerprint density at radius 2 is 2.00 bits per heavy atom. The number of halogens is 4. The van der Waals surface area contributed by atoms with Crippen LogP contribution in [0.1, 0.15) is 40.3 Å². The van der Waals surface area contributed by atoms with Crippen LogP contribution in [0.4, 0.5) is 29.2 Å². The van der Waals surface area contributed by atoms with Gasteiger partial charge in [-0.05, 0) is 37.3 Å². The number of nitrogen functional groups attached to an aromatic ring is 1. The molecule has 1 aromatic carbocycles. The predicted molar refractivity (Wildman–Crippen MR) is 152 cm³/mol. The van der Waals surface area contributed by atoms with Gasteiger partial charge in [0.25, 0.3) is 5.91 Å². The van der Waals surface area contributed by atoms with E-state index in [1.165, 1.54) is 18.3 Å². The molecule has 228 valence electrons. The first-order valence-electron chi connectivity index (χ1n) is 13.6. The fourth-order valence-electron chi connectivity index (χ4n) is 5.19. The highest BCUT2D eigenvalue weighted by Crippen LogP contribution is 2.35. The average Bonchev–Trinajstić information content (AvgIpc) is 3.58. The Balaban J connectivity index is 1.29. The summed E-state index contributed by atoms with van der Waals surface area (Å²) >= 11 is 0. The van der Waals surface area contributed by atoms with E-state index in [9.17, 15) is 18.0 Å². The molecule has 1 saturated heterocycles. The molecule has 44 heavy (non-hydrogen) atoms. The third kappa shape index (κ3) is 5.70. The number of benzene rings is 1. The first-order chi connectivity index (χ1) is 21.0. The van der Waals surface area contributed by atoms with Crippen molar-refractivity contribution in [1.82, 2.24) is 34.0 Å². The van der Waals surface area contributed by atoms with E-state index >= 15 is 4.39 Å². The number of anilines is 2. The molecule has 11 nitrogen and oxygen atoms in total. The molecule has 0 bridgehead atoms. The summed E-state index contributed by atoms with van der Waals surface area (Å²) in [5.41, 5.74) is 6.82. The van der Waals surface area contributed by atoms with E-state index in [2.05, 4.69) is 32.2 Å². The van der Waals surface area contributed by atoms with Gasteiger partial charge in [-0.3, -0.25) is 18.8 Å². The molecular formula is C29H27F4N9O2. The van der Waals surface area contributed by atoms with Crippen molar-refractivity contribution in [3.63, 3.8) is 0 Å². The summed E-state index contributed by atoms with van der Waals surface area (Å²) in [5.74, 6) is -1.33. The number of alkyl halides is 3. The normalized spacial score (nSPS) is 17.7. The summed E-state index contributed by atoms with van der Waals surface area (Å²) in [4.78, 5) is 27.7. The Bertz CT molecular complexity index is 1850. The van der Waals surface area contributed by atoms with Gasteiger partial charge in [0.2, 0.25) is 0 Å². The third-order valence-electron chi connectivity index (χ3n) is 7.42. The number of nitrogens with two attached hydrogens (primary N) is 1. The van der Waals surface area contributed by atoms with E-state index in [1.807, 2.05) is 19.4 Å². The second-order valence-electron chi connectivity index (χ2n) is 10.5. The summed E-state index contributed by atoms with van der Waals surface area (Å²) < 4.78 is 64.4. The Morgan fingerprint density at radius 1 is 1.18 bits per heavy atom. The van der Waals surface area contributed by atoms with Gasteiger partial charge in [-0.1, -0.05) is 0 Å². The largest absolute Gasteiger partial charge is 0.416 e. The van der Waals surface area contributed by atoms with Gasteiger partial charge in [0.15, 0.2) is 0 Å². The second kappa shape index (κ2) is 11.3. The third-order valence-corrected chi connectivity index (χ3v) is 7.42. The van der Waals surface area contributed by atoms with Crippen molar-refractivity contribution in [3.05, 3.63) is 89.6 Å². The fraction of sp³-hybridized carbons (Fsp3) is 0.276. The number of carbonyl (C=O) groups is 1. The Hall–Kier alpha value is -4.89. The van der Waals surface area contributed by atoms with Crippen LogP contribution in [0, 0.1) is 5.82 Å². The van der Waals surface area contributed by atoms with Crippen molar-refractivity contribution in [2.24, 2.45) is 7.05 Å². The molecule has 0 aliphatic carbocycles. The average molecular weight is 610 g/mol. The Labute approximate surface area is 248 Å². The molecule has 2 atom stereocenters. The van der Waals surface area contributed by atoms with Crippen molar-refractivity contribution >= 4 is 23.1 Å². The number of nitrogens with zero attached hydrogens (tertiary/aromatic N) is 7. The van der Waals surface area contributed by atoms with Gasteiger partial charge < -0.3 is 15.8 Å². The lowest BCUT2D eigenvalue weighted by Gasteiger charge is -2.37. The molecule has 0 unspecified atom stereocenters. The number of nitrogens with one attached hydrogen (secondary N) is 1. The van der Waals surface area contributed by atoms with Gasteiger partial charge in [-0.2, -0.15) is 18.3 Å². The lowest BCUT2D eigenvalue weighted by atomic mass is 10.1. The number of carbonyl (C=O) groups excluding carboxylic acids is 1. The van der Waals surface area contributed by atoms with Crippen LogP contribution in [-0.2, 0) is 24.5 Å². The molecule has 0 radical (unpaired) electrons. The van der Waals surface area contributed by atoms with Crippen LogP contribution in [-0.4, -0.2) is 59.1 Å². The minimum Gasteiger partial charge on any atom is -0.382 e. The van der Waals surface area contributed by atoms with E-state index < -0.39 is 29.6 Å². The quantitative estimate of drug-likeness (QED) is 0.270. The molecule has 1 aliphatic heterocycles. The number of pyridine rings is 1. The Kier molecular flexibility index (Phi) is 7.51. The maximum absolute atomic E-state index is 15.6. The van der Waals surface area contributed by atoms with Crippen molar-refractivity contribution < 1.29 is 27.1 Å². The number of hydrogen-bond acceptors (Lipinski definition) is 8. The van der Waals surface area contributed by atoms with E-state index in [-0.39, 0.29) is 34.5 Å². The Morgan fingerprint density at radius 3 is 2.73 bits per heavy atom. The van der Waals surface area contributed by atoms with Crippen molar-refractivity contribution in [1.29, 1.82) is 0 Å². The molecular weight excluding hydrogens is 582 g/mol. The molecule has 4 aromatic heterocycles. The number of aryl methyl sites for hydroxylation is 1. The summed E-state index contributed by atoms with van der Waals surface area (Å²) in [5, 5.41) is 6.52. The molecule has 5 aromatic rings. The zero-order valence-corrected chi connectivity index (χ0v) is 23.6. The summed E-state index contributed by atoms with van der Waals surface area (Å²) in [6.07, 6.45) is 2.80. The van der Waals surface area contributed by atoms with Crippen LogP contribution in [0.3, 0.4) is 0 Å². The highest BCUT2D eigenvalue weighted by molar-refractivity contribution is 6.04. The maximum atomic E-state index is 15.6. The first-order valence-corrected chi connectivity index (χ1v) is 13.6. The lowest BCUT2D eigenvalue weighted by Crippen LogP contribution is -2.44. The molecule has 5 heterocycles. The standard InChI is InChI=1S/C29H27F4N9O2/c1-16-15-44-22(14-41(16)13-17-11-37-40(2)12-17)27-39-24(25-26(34)36-7-8-42(25)27)20-4-3-18(9-21(20)30)28(43)38-23-10-19(5-6-35-23)29(31,32)33/h3-12,16,22H,13-15H2,1-2H3,(H2,34,36)(H,35,38,43)/t16-,22+/m0/s1. The second-order valence-corrected chi connectivity index (χ2v) is 10.5. The molecule has 0 spiro atoms. The summed E-state index contributed by atoms with van der Waals surface area (Å²) in [6.45, 7) is 3.67. The number of hydrogen-bond donors (Lipinski definition) is 2. The molecule has 15 heteroatoms. The number of ether oxygens (including phenoxy) is 1. The lowest BCUT2D eigenvalue weighted by molar-refractivity contribution is -0.137. The number of amides is 1. The highest BCUT2D eigenvalue weighted by Gasteiger charge is 2.33. The molecule has 0 saturated carbocycles. The van der Waals surface area contributed by atoms with Crippen LogP contribution in [0.2, 0.25) is 0 Å². The van der Waals surface area contributed by atoms with Gasteiger partial charge in [0.1, 0.15) is 40.6 Å².